The maximum absolute atomic E-state index is 11.9. The van der Waals surface area contributed by atoms with E-state index in [-0.39, 0.29) is 6.61 Å². The second kappa shape index (κ2) is 7.06. The number of aliphatic hydroxyl groups is 1. The second-order valence-electron chi connectivity index (χ2n) is 5.10. The number of hydrogen-bond donors (Lipinski definition) is 1. The summed E-state index contributed by atoms with van der Waals surface area (Å²) in [5, 5.41) is 9.13. The normalized spacial score (nSPS) is 11.2. The van der Waals surface area contributed by atoms with Crippen LogP contribution >= 0.6 is 0 Å². The fraction of sp³-hybridized carbons (Fsp3) is 0.167. The van der Waals surface area contributed by atoms with Crippen molar-refractivity contribution in [1.29, 1.82) is 0 Å². The molecule has 0 amide bonds. The molecule has 0 atom stereocenters. The van der Waals surface area contributed by atoms with Gasteiger partial charge in [0.2, 0.25) is 0 Å². The van der Waals surface area contributed by atoms with Crippen molar-refractivity contribution < 1.29 is 14.6 Å². The second-order valence-corrected chi connectivity index (χ2v) is 5.10. The first kappa shape index (κ1) is 15.9. The Morgan fingerprint density at radius 1 is 1.29 bits per heavy atom. The number of esters is 1. The Balaban J connectivity index is 1.91. The average Bonchev–Trinajstić information content (AvgIpc) is 3.03. The maximum Gasteiger partial charge on any atom is 0.356 e. The third-order valence-corrected chi connectivity index (χ3v) is 3.45. The summed E-state index contributed by atoms with van der Waals surface area (Å²) in [5.74, 6) is -0.400. The molecule has 24 heavy (non-hydrogen) atoms. The van der Waals surface area contributed by atoms with Crippen molar-refractivity contribution in [2.75, 3.05) is 6.61 Å². The van der Waals surface area contributed by atoms with Crippen LogP contribution in [0.3, 0.4) is 0 Å². The number of ether oxygens (including phenoxy) is 1. The zero-order chi connectivity index (χ0) is 16.9. The van der Waals surface area contributed by atoms with Gasteiger partial charge in [-0.1, -0.05) is 12.1 Å². The summed E-state index contributed by atoms with van der Waals surface area (Å²) in [5.41, 5.74) is 3.32. The molecule has 0 unspecified atom stereocenters. The van der Waals surface area contributed by atoms with E-state index in [9.17, 15) is 4.79 Å². The fourth-order valence-corrected chi connectivity index (χ4v) is 2.31. The van der Waals surface area contributed by atoms with Gasteiger partial charge in [-0.15, -0.1) is 0 Å². The van der Waals surface area contributed by atoms with E-state index in [1.807, 2.05) is 42.6 Å². The Kier molecular flexibility index (Phi) is 4.67. The molecule has 0 bridgehead atoms. The molecule has 3 rings (SSSR count). The van der Waals surface area contributed by atoms with Gasteiger partial charge in [-0.3, -0.25) is 9.38 Å². The molecular formula is C18H17N3O3. The fourth-order valence-electron chi connectivity index (χ4n) is 2.31. The van der Waals surface area contributed by atoms with Crippen LogP contribution in [-0.2, 0) is 11.3 Å². The molecule has 3 aromatic heterocycles. The minimum Gasteiger partial charge on any atom is -0.461 e. The largest absolute Gasteiger partial charge is 0.461 e. The van der Waals surface area contributed by atoms with Gasteiger partial charge in [0.05, 0.1) is 30.8 Å². The SMILES string of the molecule is CCOC(=O)c1cnc2ccc(/C=C\c3cccc(CO)n3)cn12. The molecule has 1 N–H and O–H groups in total. The molecular weight excluding hydrogens is 306 g/mol. The lowest BCUT2D eigenvalue weighted by Crippen LogP contribution is -2.07. The number of pyridine rings is 2. The molecule has 0 saturated carbocycles. The molecule has 0 aromatic carbocycles. The smallest absolute Gasteiger partial charge is 0.356 e. The van der Waals surface area contributed by atoms with Crippen LogP contribution in [0.2, 0.25) is 0 Å². The number of fused-ring (bicyclic) bond motifs is 1. The third kappa shape index (κ3) is 3.33. The number of imidazole rings is 1. The lowest BCUT2D eigenvalue weighted by atomic mass is 10.2. The number of carbonyl (C=O) groups is 1. The summed E-state index contributed by atoms with van der Waals surface area (Å²) in [6.45, 7) is 1.99. The van der Waals surface area contributed by atoms with Crippen molar-refractivity contribution in [3.8, 4) is 0 Å². The topological polar surface area (TPSA) is 76.7 Å². The summed E-state index contributed by atoms with van der Waals surface area (Å²) in [6.07, 6.45) is 7.06. The minimum absolute atomic E-state index is 0.0917. The van der Waals surface area contributed by atoms with Crippen LogP contribution in [0.25, 0.3) is 17.8 Å². The maximum atomic E-state index is 11.9. The van der Waals surface area contributed by atoms with E-state index in [2.05, 4.69) is 9.97 Å². The number of nitrogens with zero attached hydrogens (tertiary/aromatic N) is 3. The van der Waals surface area contributed by atoms with Gasteiger partial charge < -0.3 is 9.84 Å². The van der Waals surface area contributed by atoms with Crippen molar-refractivity contribution in [1.82, 2.24) is 14.4 Å². The Morgan fingerprint density at radius 2 is 2.17 bits per heavy atom. The zero-order valence-electron chi connectivity index (χ0n) is 13.2. The standard InChI is InChI=1S/C18H17N3O3/c1-2-24-18(23)16-10-19-17-9-7-13(11-21(16)17)6-8-14-4-3-5-15(12-22)20-14/h3-11,22H,2,12H2,1H3/b8-6-. The Morgan fingerprint density at radius 3 is 2.96 bits per heavy atom. The van der Waals surface area contributed by atoms with Crippen molar-refractivity contribution in [3.05, 3.63) is 65.4 Å². The number of aliphatic hydroxyl groups excluding tert-OH is 1. The predicted octanol–water partition coefficient (Wildman–Crippen LogP) is 2.57. The minimum atomic E-state index is -0.400. The van der Waals surface area contributed by atoms with Gasteiger partial charge in [-0.05, 0) is 42.8 Å². The zero-order valence-corrected chi connectivity index (χ0v) is 13.2. The molecule has 0 aliphatic carbocycles. The third-order valence-electron chi connectivity index (χ3n) is 3.45. The number of carbonyl (C=O) groups excluding carboxylic acids is 1. The highest BCUT2D eigenvalue weighted by molar-refractivity contribution is 5.88. The van der Waals surface area contributed by atoms with Crippen LogP contribution in [0, 0.1) is 0 Å². The van der Waals surface area contributed by atoms with E-state index in [0.29, 0.717) is 23.6 Å². The summed E-state index contributed by atoms with van der Waals surface area (Å²) in [4.78, 5) is 20.4. The van der Waals surface area contributed by atoms with Crippen molar-refractivity contribution >= 4 is 23.8 Å². The highest BCUT2D eigenvalue weighted by Crippen LogP contribution is 2.13. The van der Waals surface area contributed by atoms with Crippen molar-refractivity contribution in [2.45, 2.75) is 13.5 Å². The Bertz CT molecular complexity index is 899. The van der Waals surface area contributed by atoms with Crippen LogP contribution in [0.15, 0.2) is 42.7 Å². The van der Waals surface area contributed by atoms with E-state index in [1.165, 1.54) is 6.20 Å². The van der Waals surface area contributed by atoms with Gasteiger partial charge in [0.1, 0.15) is 5.65 Å². The monoisotopic (exact) mass is 323 g/mol. The van der Waals surface area contributed by atoms with Gasteiger partial charge in [0, 0.05) is 6.20 Å². The molecule has 6 nitrogen and oxygen atoms in total. The lowest BCUT2D eigenvalue weighted by Gasteiger charge is -2.03. The first-order valence-corrected chi connectivity index (χ1v) is 7.60. The molecule has 3 heterocycles. The highest BCUT2D eigenvalue weighted by atomic mass is 16.5. The lowest BCUT2D eigenvalue weighted by molar-refractivity contribution is 0.0518. The summed E-state index contributed by atoms with van der Waals surface area (Å²) in [7, 11) is 0. The molecule has 6 heteroatoms. The van der Waals surface area contributed by atoms with Gasteiger partial charge >= 0.3 is 5.97 Å². The van der Waals surface area contributed by atoms with E-state index in [1.54, 1.807) is 17.4 Å². The van der Waals surface area contributed by atoms with Crippen LogP contribution in [0.4, 0.5) is 0 Å². The number of rotatable bonds is 5. The average molecular weight is 323 g/mol. The van der Waals surface area contributed by atoms with Gasteiger partial charge in [-0.25, -0.2) is 9.78 Å². The number of aromatic nitrogens is 3. The molecule has 0 fully saturated rings. The van der Waals surface area contributed by atoms with Gasteiger partial charge in [0.15, 0.2) is 5.69 Å². The van der Waals surface area contributed by atoms with Crippen LogP contribution < -0.4 is 0 Å². The van der Waals surface area contributed by atoms with Crippen LogP contribution in [-0.4, -0.2) is 32.1 Å². The molecule has 0 radical (unpaired) electrons. The van der Waals surface area contributed by atoms with Gasteiger partial charge in [0.25, 0.3) is 0 Å². The molecule has 0 saturated heterocycles. The molecule has 0 aliphatic rings. The molecule has 122 valence electrons. The molecule has 0 aliphatic heterocycles. The first-order valence-electron chi connectivity index (χ1n) is 7.60. The van der Waals surface area contributed by atoms with E-state index < -0.39 is 5.97 Å². The molecule has 0 spiro atoms. The number of hydrogen-bond acceptors (Lipinski definition) is 5. The van der Waals surface area contributed by atoms with E-state index >= 15 is 0 Å². The van der Waals surface area contributed by atoms with Crippen molar-refractivity contribution in [2.24, 2.45) is 0 Å². The first-order chi connectivity index (χ1) is 11.7. The van der Waals surface area contributed by atoms with Gasteiger partial charge in [-0.2, -0.15) is 0 Å². The van der Waals surface area contributed by atoms with E-state index in [4.69, 9.17) is 9.84 Å². The summed E-state index contributed by atoms with van der Waals surface area (Å²) >= 11 is 0. The van der Waals surface area contributed by atoms with Crippen LogP contribution in [0.5, 0.6) is 0 Å². The van der Waals surface area contributed by atoms with Crippen molar-refractivity contribution in [3.63, 3.8) is 0 Å². The van der Waals surface area contributed by atoms with E-state index in [0.717, 1.165) is 11.3 Å². The predicted molar refractivity (Wildman–Crippen MR) is 90.2 cm³/mol. The Labute approximate surface area is 139 Å². The summed E-state index contributed by atoms with van der Waals surface area (Å²) in [6, 6.07) is 9.20. The quantitative estimate of drug-likeness (QED) is 0.730. The highest BCUT2D eigenvalue weighted by Gasteiger charge is 2.12. The van der Waals surface area contributed by atoms with Crippen LogP contribution in [0.1, 0.15) is 34.4 Å². The molecule has 3 aromatic rings. The Hall–Kier alpha value is -2.99. The summed E-state index contributed by atoms with van der Waals surface area (Å²) < 4.78 is 6.74.